The monoisotopic (exact) mass is 449 g/mol. The van der Waals surface area contributed by atoms with Crippen LogP contribution >= 0.6 is 24.8 Å². The van der Waals surface area contributed by atoms with Crippen LogP contribution in [0.1, 0.15) is 24.3 Å². The third kappa shape index (κ3) is 4.89. The van der Waals surface area contributed by atoms with Gasteiger partial charge in [0.15, 0.2) is 11.7 Å². The van der Waals surface area contributed by atoms with Crippen LogP contribution in [0.3, 0.4) is 0 Å². The molecule has 0 aliphatic carbocycles. The third-order valence-corrected chi connectivity index (χ3v) is 5.07. The third-order valence-electron chi connectivity index (χ3n) is 5.07. The zero-order chi connectivity index (χ0) is 19.5. The molecular weight excluding hydrogens is 425 g/mol. The number of oxazole rings is 1. The highest BCUT2D eigenvalue weighted by Crippen LogP contribution is 2.32. The molecule has 0 atom stereocenters. The second-order valence-electron chi connectivity index (χ2n) is 6.84. The Morgan fingerprint density at radius 3 is 2.70 bits per heavy atom. The number of aryl methyl sites for hydroxylation is 1. The van der Waals surface area contributed by atoms with Gasteiger partial charge in [0.1, 0.15) is 5.75 Å². The maximum atomic E-state index is 12.8. The Bertz CT molecular complexity index is 990. The first-order chi connectivity index (χ1) is 13.7. The van der Waals surface area contributed by atoms with Crippen molar-refractivity contribution in [1.82, 2.24) is 4.98 Å². The lowest BCUT2D eigenvalue weighted by molar-refractivity contribution is -0.118. The topological polar surface area (TPSA) is 81.6 Å². The Kier molecular flexibility index (Phi) is 8.15. The maximum Gasteiger partial charge on any atom is 0.227 e. The summed E-state index contributed by atoms with van der Waals surface area (Å²) in [6.45, 7) is 0.720. The second-order valence-corrected chi connectivity index (χ2v) is 6.84. The molecule has 1 amide bonds. The van der Waals surface area contributed by atoms with Gasteiger partial charge in [-0.2, -0.15) is 0 Å². The van der Waals surface area contributed by atoms with Crippen molar-refractivity contribution < 1.29 is 13.9 Å². The zero-order valence-corrected chi connectivity index (χ0v) is 18.3. The predicted octanol–water partition coefficient (Wildman–Crippen LogP) is 4.69. The molecule has 160 valence electrons. The molecule has 2 aromatic carbocycles. The van der Waals surface area contributed by atoms with E-state index < -0.39 is 0 Å². The van der Waals surface area contributed by atoms with Gasteiger partial charge in [0.25, 0.3) is 0 Å². The standard InChI is InChI=1S/C22H23N3O3.2ClH/c1-27-16-9-7-15(8-10-16)20-14-24-21(28-20)11-12-22(26)25-13-3-4-17-18(23)5-2-6-19(17)25;;/h2,5-10,14H,3-4,11-13,23H2,1H3;2*1H. The Morgan fingerprint density at radius 2 is 1.97 bits per heavy atom. The molecule has 8 heteroatoms. The molecule has 0 spiro atoms. The van der Waals surface area contributed by atoms with E-state index in [9.17, 15) is 4.79 Å². The summed E-state index contributed by atoms with van der Waals surface area (Å²) in [7, 11) is 1.63. The first kappa shape index (κ1) is 23.6. The van der Waals surface area contributed by atoms with Gasteiger partial charge < -0.3 is 19.8 Å². The van der Waals surface area contributed by atoms with Gasteiger partial charge in [-0.3, -0.25) is 4.79 Å². The Morgan fingerprint density at radius 1 is 1.20 bits per heavy atom. The lowest BCUT2D eigenvalue weighted by Crippen LogP contribution is -2.35. The molecule has 2 N–H and O–H groups in total. The smallest absolute Gasteiger partial charge is 0.227 e. The van der Waals surface area contributed by atoms with Gasteiger partial charge in [-0.1, -0.05) is 6.07 Å². The van der Waals surface area contributed by atoms with E-state index in [1.165, 1.54) is 0 Å². The zero-order valence-electron chi connectivity index (χ0n) is 16.7. The van der Waals surface area contributed by atoms with Crippen molar-refractivity contribution in [2.75, 3.05) is 24.3 Å². The molecule has 0 unspecified atom stereocenters. The number of hydrogen-bond donors (Lipinski definition) is 1. The van der Waals surface area contributed by atoms with E-state index in [4.69, 9.17) is 14.9 Å². The van der Waals surface area contributed by atoms with Gasteiger partial charge in [0.2, 0.25) is 5.91 Å². The highest BCUT2D eigenvalue weighted by molar-refractivity contribution is 5.95. The Labute approximate surface area is 188 Å². The number of rotatable bonds is 5. The van der Waals surface area contributed by atoms with Gasteiger partial charge in [-0.25, -0.2) is 4.98 Å². The van der Waals surface area contributed by atoms with Gasteiger partial charge >= 0.3 is 0 Å². The fourth-order valence-electron chi connectivity index (χ4n) is 3.57. The second kappa shape index (κ2) is 10.4. The van der Waals surface area contributed by atoms with E-state index >= 15 is 0 Å². The van der Waals surface area contributed by atoms with Crippen molar-refractivity contribution in [3.05, 3.63) is 60.1 Å². The molecule has 1 aromatic heterocycles. The van der Waals surface area contributed by atoms with Crippen molar-refractivity contribution in [3.63, 3.8) is 0 Å². The normalized spacial score (nSPS) is 12.4. The van der Waals surface area contributed by atoms with E-state index in [0.29, 0.717) is 24.5 Å². The number of benzene rings is 2. The number of halogens is 2. The van der Waals surface area contributed by atoms with E-state index in [2.05, 4.69) is 4.98 Å². The first-order valence-corrected chi connectivity index (χ1v) is 9.42. The van der Waals surface area contributed by atoms with Crippen LogP contribution in [0.25, 0.3) is 11.3 Å². The van der Waals surface area contributed by atoms with Crippen molar-refractivity contribution >= 4 is 42.1 Å². The number of amides is 1. The van der Waals surface area contributed by atoms with Gasteiger partial charge in [-0.15, -0.1) is 24.8 Å². The molecular formula is C22H25Cl2N3O3. The highest BCUT2D eigenvalue weighted by Gasteiger charge is 2.23. The van der Waals surface area contributed by atoms with E-state index in [-0.39, 0.29) is 30.7 Å². The van der Waals surface area contributed by atoms with Crippen LogP contribution in [0.2, 0.25) is 0 Å². The van der Waals surface area contributed by atoms with Crippen LogP contribution in [0.4, 0.5) is 11.4 Å². The lowest BCUT2D eigenvalue weighted by atomic mass is 9.99. The van der Waals surface area contributed by atoms with Gasteiger partial charge in [-0.05, 0) is 54.8 Å². The van der Waals surface area contributed by atoms with Crippen LogP contribution in [-0.2, 0) is 17.6 Å². The minimum atomic E-state index is 0. The van der Waals surface area contributed by atoms with Crippen molar-refractivity contribution in [2.45, 2.75) is 25.7 Å². The quantitative estimate of drug-likeness (QED) is 0.571. The number of anilines is 2. The van der Waals surface area contributed by atoms with Crippen molar-refractivity contribution in [2.24, 2.45) is 0 Å². The molecule has 4 rings (SSSR count). The average Bonchev–Trinajstić information content (AvgIpc) is 3.21. The van der Waals surface area contributed by atoms with Gasteiger partial charge in [0, 0.05) is 36.3 Å². The SMILES string of the molecule is COc1ccc(-c2cnc(CCC(=O)N3CCCc4c(N)cccc43)o2)cc1.Cl.Cl. The fourth-order valence-corrected chi connectivity index (χ4v) is 3.57. The molecule has 3 aromatic rings. The molecule has 30 heavy (non-hydrogen) atoms. The number of aromatic nitrogens is 1. The summed E-state index contributed by atoms with van der Waals surface area (Å²) in [5.74, 6) is 2.09. The molecule has 2 heterocycles. The Hall–Kier alpha value is -2.70. The van der Waals surface area contributed by atoms with Crippen molar-refractivity contribution in [3.8, 4) is 17.1 Å². The number of carbonyl (C=O) groups is 1. The summed E-state index contributed by atoms with van der Waals surface area (Å²) < 4.78 is 11.0. The Balaban J connectivity index is 0.00000160. The summed E-state index contributed by atoms with van der Waals surface area (Å²) in [5.41, 5.74) is 9.76. The summed E-state index contributed by atoms with van der Waals surface area (Å²) in [6.07, 6.45) is 4.34. The predicted molar refractivity (Wildman–Crippen MR) is 123 cm³/mol. The largest absolute Gasteiger partial charge is 0.497 e. The number of carbonyl (C=O) groups excluding carboxylic acids is 1. The molecule has 1 aliphatic heterocycles. The molecule has 0 radical (unpaired) electrons. The minimum Gasteiger partial charge on any atom is -0.497 e. The van der Waals surface area contributed by atoms with E-state index in [1.807, 2.05) is 47.4 Å². The summed E-state index contributed by atoms with van der Waals surface area (Å²) >= 11 is 0. The fraction of sp³-hybridized carbons (Fsp3) is 0.273. The first-order valence-electron chi connectivity index (χ1n) is 9.42. The number of ether oxygens (including phenoxy) is 1. The maximum absolute atomic E-state index is 12.8. The molecule has 0 saturated carbocycles. The van der Waals surface area contributed by atoms with Crippen LogP contribution in [0.5, 0.6) is 5.75 Å². The number of hydrogen-bond acceptors (Lipinski definition) is 5. The van der Waals surface area contributed by atoms with Crippen LogP contribution in [0, 0.1) is 0 Å². The molecule has 1 aliphatic rings. The molecule has 0 bridgehead atoms. The van der Waals surface area contributed by atoms with Crippen LogP contribution in [0.15, 0.2) is 53.1 Å². The van der Waals surface area contributed by atoms with E-state index in [1.54, 1.807) is 13.3 Å². The summed E-state index contributed by atoms with van der Waals surface area (Å²) in [5, 5.41) is 0. The number of fused-ring (bicyclic) bond motifs is 1. The highest BCUT2D eigenvalue weighted by atomic mass is 35.5. The van der Waals surface area contributed by atoms with E-state index in [0.717, 1.165) is 47.6 Å². The number of nitrogens with zero attached hydrogens (tertiary/aromatic N) is 2. The molecule has 0 saturated heterocycles. The number of nitrogen functional groups attached to an aromatic ring is 1. The molecule has 6 nitrogen and oxygen atoms in total. The minimum absolute atomic E-state index is 0. The number of methoxy groups -OCH3 is 1. The number of nitrogens with two attached hydrogens (primary N) is 1. The lowest BCUT2D eigenvalue weighted by Gasteiger charge is -2.30. The summed E-state index contributed by atoms with van der Waals surface area (Å²) in [4.78, 5) is 19.0. The van der Waals surface area contributed by atoms with Gasteiger partial charge in [0.05, 0.1) is 13.3 Å². The van der Waals surface area contributed by atoms with Crippen molar-refractivity contribution in [1.29, 1.82) is 0 Å². The van der Waals surface area contributed by atoms with Crippen LogP contribution in [-0.4, -0.2) is 24.5 Å². The van der Waals surface area contributed by atoms with Crippen LogP contribution < -0.4 is 15.4 Å². The molecule has 0 fully saturated rings. The summed E-state index contributed by atoms with van der Waals surface area (Å²) in [6, 6.07) is 13.3. The average molecular weight is 450 g/mol.